The van der Waals surface area contributed by atoms with E-state index in [0.717, 1.165) is 50.1 Å². The van der Waals surface area contributed by atoms with E-state index < -0.39 is 5.97 Å². The van der Waals surface area contributed by atoms with Crippen LogP contribution in [0.15, 0.2) is 60.8 Å². The van der Waals surface area contributed by atoms with E-state index in [2.05, 4.69) is 68.6 Å². The minimum absolute atomic E-state index is 0.00548. The molecule has 0 unspecified atom stereocenters. The predicted molar refractivity (Wildman–Crippen MR) is 152 cm³/mol. The molecule has 2 atom stereocenters. The molecule has 0 bridgehead atoms. The van der Waals surface area contributed by atoms with E-state index in [0.29, 0.717) is 18.0 Å². The molecule has 10 heteroatoms. The van der Waals surface area contributed by atoms with Crippen LogP contribution in [0.3, 0.4) is 0 Å². The Labute approximate surface area is 232 Å². The second-order valence-corrected chi connectivity index (χ2v) is 11.1. The number of aromatic carboxylic acids is 1. The number of hydrogen-bond donors (Lipinski definition) is 2. The third-order valence-electron chi connectivity index (χ3n) is 8.15. The molecule has 6 rings (SSSR count). The molecule has 3 aromatic heterocycles. The van der Waals surface area contributed by atoms with Crippen molar-refractivity contribution in [2.24, 2.45) is 0 Å². The van der Waals surface area contributed by atoms with Gasteiger partial charge in [-0.05, 0) is 55.5 Å². The van der Waals surface area contributed by atoms with Gasteiger partial charge in [0.25, 0.3) is 5.91 Å². The van der Waals surface area contributed by atoms with Crippen molar-refractivity contribution in [2.45, 2.75) is 44.6 Å². The SMILES string of the molecule is Cc1cc(N2CC[C@](C)(c3ccccc3)C2)cn2nc(C(=O)N[C@H]3CCCN(c4cccc(C(=O)O)n4)C3)nc12. The van der Waals surface area contributed by atoms with E-state index in [1.807, 2.05) is 18.0 Å². The van der Waals surface area contributed by atoms with Gasteiger partial charge >= 0.3 is 5.97 Å². The fourth-order valence-electron chi connectivity index (χ4n) is 5.93. The van der Waals surface area contributed by atoms with Crippen LogP contribution in [0, 0.1) is 6.92 Å². The number of carbonyl (C=O) groups excluding carboxylic acids is 1. The first-order chi connectivity index (χ1) is 19.3. The van der Waals surface area contributed by atoms with Gasteiger partial charge in [-0.25, -0.2) is 19.3 Å². The van der Waals surface area contributed by atoms with Gasteiger partial charge in [-0.1, -0.05) is 43.3 Å². The molecular formula is C30H33N7O3. The number of carboxylic acid groups (broad SMARTS) is 1. The lowest BCUT2D eigenvalue weighted by atomic mass is 9.82. The number of aromatic nitrogens is 4. The fraction of sp³-hybridized carbons (Fsp3) is 0.367. The highest BCUT2D eigenvalue weighted by Gasteiger charge is 2.35. The molecule has 1 amide bonds. The number of benzene rings is 1. The normalized spacial score (nSPS) is 21.1. The second-order valence-electron chi connectivity index (χ2n) is 11.1. The molecular weight excluding hydrogens is 506 g/mol. The zero-order chi connectivity index (χ0) is 27.9. The van der Waals surface area contributed by atoms with Crippen molar-refractivity contribution in [3.63, 3.8) is 0 Å². The van der Waals surface area contributed by atoms with Crippen molar-refractivity contribution in [1.82, 2.24) is 24.9 Å². The monoisotopic (exact) mass is 539 g/mol. The average molecular weight is 540 g/mol. The number of hydrogen-bond acceptors (Lipinski definition) is 7. The van der Waals surface area contributed by atoms with E-state index in [1.54, 1.807) is 16.6 Å². The zero-order valence-corrected chi connectivity index (χ0v) is 22.7. The van der Waals surface area contributed by atoms with Gasteiger partial charge in [0.15, 0.2) is 11.3 Å². The Morgan fingerprint density at radius 2 is 1.88 bits per heavy atom. The highest BCUT2D eigenvalue weighted by atomic mass is 16.4. The van der Waals surface area contributed by atoms with Gasteiger partial charge in [-0.3, -0.25) is 4.79 Å². The molecule has 0 saturated carbocycles. The van der Waals surface area contributed by atoms with Crippen LogP contribution in [0.2, 0.25) is 0 Å². The number of carboxylic acids is 1. The third kappa shape index (κ3) is 4.97. The summed E-state index contributed by atoms with van der Waals surface area (Å²) in [6.45, 7) is 7.45. The molecule has 0 radical (unpaired) electrons. The highest BCUT2D eigenvalue weighted by Crippen LogP contribution is 2.36. The number of carbonyl (C=O) groups is 2. The second kappa shape index (κ2) is 10.3. The molecule has 10 nitrogen and oxygen atoms in total. The quantitative estimate of drug-likeness (QED) is 0.381. The van der Waals surface area contributed by atoms with Gasteiger partial charge in [-0.15, -0.1) is 5.10 Å². The topological polar surface area (TPSA) is 116 Å². The van der Waals surface area contributed by atoms with Crippen LogP contribution in [0.25, 0.3) is 5.65 Å². The summed E-state index contributed by atoms with van der Waals surface area (Å²) in [7, 11) is 0. The maximum Gasteiger partial charge on any atom is 0.354 e. The number of anilines is 2. The van der Waals surface area contributed by atoms with Gasteiger partial charge in [0.05, 0.1) is 11.9 Å². The highest BCUT2D eigenvalue weighted by molar-refractivity contribution is 5.91. The minimum Gasteiger partial charge on any atom is -0.477 e. The molecule has 1 aromatic carbocycles. The first kappa shape index (κ1) is 25.8. The van der Waals surface area contributed by atoms with Gasteiger partial charge in [0, 0.05) is 37.6 Å². The Morgan fingerprint density at radius 1 is 1.05 bits per heavy atom. The molecule has 2 aliphatic heterocycles. The lowest BCUT2D eigenvalue weighted by Gasteiger charge is -2.33. The molecule has 4 aromatic rings. The van der Waals surface area contributed by atoms with Crippen LogP contribution in [-0.2, 0) is 5.41 Å². The molecule has 2 saturated heterocycles. The number of amides is 1. The molecule has 0 aliphatic carbocycles. The Morgan fingerprint density at radius 3 is 2.67 bits per heavy atom. The molecule has 2 aliphatic rings. The maximum absolute atomic E-state index is 13.2. The number of fused-ring (bicyclic) bond motifs is 1. The van der Waals surface area contributed by atoms with E-state index in [-0.39, 0.29) is 28.9 Å². The molecule has 2 fully saturated rings. The summed E-state index contributed by atoms with van der Waals surface area (Å²) in [5.74, 6) is -0.645. The van der Waals surface area contributed by atoms with Crippen LogP contribution < -0.4 is 15.1 Å². The summed E-state index contributed by atoms with van der Waals surface area (Å²) in [6, 6.07) is 17.6. The lowest BCUT2D eigenvalue weighted by Crippen LogP contribution is -2.48. The summed E-state index contributed by atoms with van der Waals surface area (Å²) in [5.41, 5.74) is 4.13. The average Bonchev–Trinajstić information content (AvgIpc) is 3.59. The van der Waals surface area contributed by atoms with Crippen LogP contribution in [-0.4, -0.2) is 68.8 Å². The van der Waals surface area contributed by atoms with Gasteiger partial charge in [0.2, 0.25) is 5.82 Å². The minimum atomic E-state index is -1.06. The van der Waals surface area contributed by atoms with Crippen LogP contribution in [0.4, 0.5) is 11.5 Å². The van der Waals surface area contributed by atoms with Crippen molar-refractivity contribution >= 4 is 29.0 Å². The van der Waals surface area contributed by atoms with Crippen molar-refractivity contribution in [3.8, 4) is 0 Å². The van der Waals surface area contributed by atoms with Gasteiger partial charge in [-0.2, -0.15) is 0 Å². The number of nitrogens with one attached hydrogen (secondary N) is 1. The van der Waals surface area contributed by atoms with Crippen LogP contribution in [0.1, 0.15) is 58.4 Å². The van der Waals surface area contributed by atoms with Crippen molar-refractivity contribution < 1.29 is 14.7 Å². The zero-order valence-electron chi connectivity index (χ0n) is 22.7. The summed E-state index contributed by atoms with van der Waals surface area (Å²) >= 11 is 0. The van der Waals surface area contributed by atoms with E-state index in [9.17, 15) is 14.7 Å². The van der Waals surface area contributed by atoms with Crippen molar-refractivity contribution in [3.05, 3.63) is 83.4 Å². The third-order valence-corrected chi connectivity index (χ3v) is 8.15. The van der Waals surface area contributed by atoms with E-state index >= 15 is 0 Å². The molecule has 0 spiro atoms. The van der Waals surface area contributed by atoms with Crippen LogP contribution >= 0.6 is 0 Å². The van der Waals surface area contributed by atoms with Crippen molar-refractivity contribution in [1.29, 1.82) is 0 Å². The van der Waals surface area contributed by atoms with E-state index in [4.69, 9.17) is 0 Å². The predicted octanol–water partition coefficient (Wildman–Crippen LogP) is 3.70. The van der Waals surface area contributed by atoms with Crippen molar-refractivity contribution in [2.75, 3.05) is 36.0 Å². The standard InChI is InChI=1S/C30H33N7O3/c1-20-16-23(36-15-13-30(2,19-36)21-8-4-3-5-9-21)18-37-27(20)33-26(34-37)28(38)31-22-10-7-14-35(17-22)25-12-6-11-24(32-25)29(39)40/h3-6,8-9,11-12,16,18,22H,7,10,13-15,17,19H2,1-2H3,(H,31,38)(H,39,40)/t22-,30-/m0/s1. The van der Waals surface area contributed by atoms with Crippen LogP contribution in [0.5, 0.6) is 0 Å². The maximum atomic E-state index is 13.2. The first-order valence-electron chi connectivity index (χ1n) is 13.7. The number of pyridine rings is 2. The Bertz CT molecular complexity index is 1570. The smallest absolute Gasteiger partial charge is 0.354 e. The summed E-state index contributed by atoms with van der Waals surface area (Å²) < 4.78 is 1.71. The molecule has 5 heterocycles. The summed E-state index contributed by atoms with van der Waals surface area (Å²) in [6.07, 6.45) is 4.69. The number of rotatable bonds is 6. The lowest BCUT2D eigenvalue weighted by molar-refractivity contribution is 0.0690. The first-order valence-corrected chi connectivity index (χ1v) is 13.7. The van der Waals surface area contributed by atoms with Gasteiger partial charge < -0.3 is 20.2 Å². The number of aryl methyl sites for hydroxylation is 1. The molecule has 206 valence electrons. The Kier molecular flexibility index (Phi) is 6.61. The number of piperidine rings is 1. The summed E-state index contributed by atoms with van der Waals surface area (Å²) in [4.78, 5) is 37.7. The molecule has 2 N–H and O–H groups in total. The largest absolute Gasteiger partial charge is 0.477 e. The fourth-order valence-corrected chi connectivity index (χ4v) is 5.93. The Balaban J connectivity index is 1.16. The Hall–Kier alpha value is -4.47. The van der Waals surface area contributed by atoms with Gasteiger partial charge in [0.1, 0.15) is 5.82 Å². The summed E-state index contributed by atoms with van der Waals surface area (Å²) in [5, 5.41) is 16.9. The molecule has 40 heavy (non-hydrogen) atoms. The number of nitrogens with zero attached hydrogens (tertiary/aromatic N) is 6. The van der Waals surface area contributed by atoms with E-state index in [1.165, 1.54) is 11.6 Å².